The van der Waals surface area contributed by atoms with Crippen LogP contribution in [-0.2, 0) is 24.3 Å². The number of anilines is 3. The van der Waals surface area contributed by atoms with Crippen LogP contribution in [-0.4, -0.2) is 67.7 Å². The Morgan fingerprint density at radius 3 is 2.68 bits per heavy atom. The van der Waals surface area contributed by atoms with Crippen molar-refractivity contribution in [3.05, 3.63) is 54.4 Å². The van der Waals surface area contributed by atoms with Crippen molar-refractivity contribution >= 4 is 60.4 Å². The van der Waals surface area contributed by atoms with E-state index < -0.39 is 16.0 Å². The SMILES string of the molecule is COC(=O)/C=C/c1cccc(S(=O)(=O)Nc2cc3nc(-c4cnc(N)nc4)nc(N4CCOCC4)c3s2)c1. The zero-order valence-corrected chi connectivity index (χ0v) is 21.8. The van der Waals surface area contributed by atoms with E-state index in [1.165, 1.54) is 42.7 Å². The first-order chi connectivity index (χ1) is 18.3. The third kappa shape index (κ3) is 5.56. The van der Waals surface area contributed by atoms with Crippen LogP contribution in [0.4, 0.5) is 16.8 Å². The average Bonchev–Trinajstić information content (AvgIpc) is 3.33. The summed E-state index contributed by atoms with van der Waals surface area (Å²) in [5.41, 5.74) is 7.32. The highest BCUT2D eigenvalue weighted by Gasteiger charge is 2.22. The molecule has 1 aliphatic heterocycles. The van der Waals surface area contributed by atoms with Crippen LogP contribution in [0.3, 0.4) is 0 Å². The first-order valence-electron chi connectivity index (χ1n) is 11.4. The fraction of sp³-hybridized carbons (Fsp3) is 0.208. The minimum atomic E-state index is -3.94. The van der Waals surface area contributed by atoms with Gasteiger partial charge in [0.25, 0.3) is 10.0 Å². The summed E-state index contributed by atoms with van der Waals surface area (Å²) in [6.45, 7) is 2.37. The number of fused-ring (bicyclic) bond motifs is 1. The molecule has 0 spiro atoms. The van der Waals surface area contributed by atoms with Gasteiger partial charge in [0.15, 0.2) is 11.6 Å². The van der Waals surface area contributed by atoms with Crippen molar-refractivity contribution in [3.8, 4) is 11.4 Å². The molecule has 1 fully saturated rings. The van der Waals surface area contributed by atoms with Crippen molar-refractivity contribution in [1.29, 1.82) is 0 Å². The van der Waals surface area contributed by atoms with Crippen LogP contribution in [0.15, 0.2) is 53.7 Å². The summed E-state index contributed by atoms with van der Waals surface area (Å²) >= 11 is 1.24. The topological polar surface area (TPSA) is 163 Å². The van der Waals surface area contributed by atoms with Gasteiger partial charge in [0.1, 0.15) is 5.00 Å². The largest absolute Gasteiger partial charge is 0.466 e. The van der Waals surface area contributed by atoms with Gasteiger partial charge in [0.05, 0.1) is 41.0 Å². The highest BCUT2D eigenvalue weighted by Crippen LogP contribution is 2.37. The molecule has 0 atom stereocenters. The fourth-order valence-electron chi connectivity index (χ4n) is 3.75. The number of rotatable bonds is 7. The maximum Gasteiger partial charge on any atom is 0.330 e. The van der Waals surface area contributed by atoms with Gasteiger partial charge in [-0.25, -0.2) is 33.1 Å². The van der Waals surface area contributed by atoms with E-state index in [-0.39, 0.29) is 10.8 Å². The maximum absolute atomic E-state index is 13.2. The van der Waals surface area contributed by atoms with Crippen molar-refractivity contribution in [2.24, 2.45) is 0 Å². The Labute approximate surface area is 222 Å². The minimum Gasteiger partial charge on any atom is -0.466 e. The Bertz CT molecular complexity index is 1620. The third-order valence-corrected chi connectivity index (χ3v) is 8.14. The van der Waals surface area contributed by atoms with E-state index in [0.29, 0.717) is 59.6 Å². The van der Waals surface area contributed by atoms with E-state index in [2.05, 4.69) is 29.3 Å². The molecule has 5 rings (SSSR count). The summed E-state index contributed by atoms with van der Waals surface area (Å²) in [7, 11) is -2.67. The molecular weight excluding hydrogens is 530 g/mol. The lowest BCUT2D eigenvalue weighted by molar-refractivity contribution is -0.134. The number of benzene rings is 1. The van der Waals surface area contributed by atoms with Crippen LogP contribution in [0, 0.1) is 0 Å². The molecule has 0 aliphatic carbocycles. The standard InChI is InChI=1S/C24H23N7O5S2/c1-35-20(32)6-5-15-3-2-4-17(11-15)38(33,34)30-19-12-18-21(37-19)23(31-7-9-36-10-8-31)29-22(28-18)16-13-26-24(25)27-14-16/h2-6,11-14,30H,7-10H2,1H3,(H2,25,26,27)/b6-5+. The fourth-order valence-corrected chi connectivity index (χ4v) is 6.10. The Morgan fingerprint density at radius 2 is 1.95 bits per heavy atom. The second-order valence-corrected chi connectivity index (χ2v) is 10.9. The van der Waals surface area contributed by atoms with Gasteiger partial charge in [0.2, 0.25) is 5.95 Å². The number of hydrogen-bond acceptors (Lipinski definition) is 12. The zero-order chi connectivity index (χ0) is 26.7. The smallest absolute Gasteiger partial charge is 0.330 e. The van der Waals surface area contributed by atoms with Gasteiger partial charge in [-0.1, -0.05) is 12.1 Å². The van der Waals surface area contributed by atoms with E-state index in [1.54, 1.807) is 30.6 Å². The Hall–Kier alpha value is -4.14. The highest BCUT2D eigenvalue weighted by atomic mass is 32.2. The lowest BCUT2D eigenvalue weighted by Gasteiger charge is -2.28. The average molecular weight is 554 g/mol. The molecule has 38 heavy (non-hydrogen) atoms. The number of nitrogens with one attached hydrogen (secondary N) is 1. The highest BCUT2D eigenvalue weighted by molar-refractivity contribution is 7.93. The summed E-state index contributed by atoms with van der Waals surface area (Å²) in [4.78, 5) is 31.0. The van der Waals surface area contributed by atoms with E-state index in [4.69, 9.17) is 15.5 Å². The van der Waals surface area contributed by atoms with Crippen molar-refractivity contribution in [2.75, 3.05) is 48.8 Å². The van der Waals surface area contributed by atoms with Crippen LogP contribution in [0.25, 0.3) is 27.7 Å². The molecule has 0 saturated carbocycles. The van der Waals surface area contributed by atoms with Crippen LogP contribution in [0.5, 0.6) is 0 Å². The predicted molar refractivity (Wildman–Crippen MR) is 144 cm³/mol. The summed E-state index contributed by atoms with van der Waals surface area (Å²) in [5.74, 6) is 0.677. The Kier molecular flexibility index (Phi) is 7.18. The quantitative estimate of drug-likeness (QED) is 0.255. The van der Waals surface area contributed by atoms with E-state index >= 15 is 0 Å². The monoisotopic (exact) mass is 553 g/mol. The number of carbonyl (C=O) groups is 1. The van der Waals surface area contributed by atoms with Gasteiger partial charge in [-0.2, -0.15) is 0 Å². The number of thiophene rings is 1. The summed E-state index contributed by atoms with van der Waals surface area (Å²) in [6, 6.07) is 7.90. The van der Waals surface area contributed by atoms with Gasteiger partial charge in [-0.3, -0.25) is 4.72 Å². The molecule has 3 aromatic heterocycles. The summed E-state index contributed by atoms with van der Waals surface area (Å²) in [6.07, 6.45) is 5.80. The molecule has 1 saturated heterocycles. The summed E-state index contributed by atoms with van der Waals surface area (Å²) < 4.78 is 39.9. The number of nitrogen functional groups attached to an aromatic ring is 1. The second kappa shape index (κ2) is 10.7. The molecule has 14 heteroatoms. The van der Waals surface area contributed by atoms with Crippen LogP contribution in [0.2, 0.25) is 0 Å². The first kappa shape index (κ1) is 25.5. The maximum atomic E-state index is 13.2. The number of hydrogen-bond donors (Lipinski definition) is 2. The van der Waals surface area contributed by atoms with Gasteiger partial charge >= 0.3 is 5.97 Å². The molecular formula is C24H23N7O5S2. The lowest BCUT2D eigenvalue weighted by atomic mass is 10.2. The van der Waals surface area contributed by atoms with Gasteiger partial charge in [0, 0.05) is 31.6 Å². The van der Waals surface area contributed by atoms with Crippen molar-refractivity contribution in [1.82, 2.24) is 19.9 Å². The number of morpholine rings is 1. The number of esters is 1. The Morgan fingerprint density at radius 1 is 1.18 bits per heavy atom. The lowest BCUT2D eigenvalue weighted by Crippen LogP contribution is -2.36. The van der Waals surface area contributed by atoms with Crippen LogP contribution < -0.4 is 15.4 Å². The summed E-state index contributed by atoms with van der Waals surface area (Å²) in [5, 5.41) is 0.380. The van der Waals surface area contributed by atoms with E-state index in [9.17, 15) is 13.2 Å². The van der Waals surface area contributed by atoms with Crippen LogP contribution in [0.1, 0.15) is 5.56 Å². The van der Waals surface area contributed by atoms with Gasteiger partial charge in [-0.15, -0.1) is 11.3 Å². The second-order valence-electron chi connectivity index (χ2n) is 8.16. The number of nitrogens with two attached hydrogens (primary N) is 1. The number of sulfonamides is 1. The molecule has 12 nitrogen and oxygen atoms in total. The van der Waals surface area contributed by atoms with Crippen molar-refractivity contribution in [3.63, 3.8) is 0 Å². The molecule has 1 aromatic carbocycles. The molecule has 0 unspecified atom stereocenters. The zero-order valence-electron chi connectivity index (χ0n) is 20.2. The van der Waals surface area contributed by atoms with Crippen LogP contribution >= 0.6 is 11.3 Å². The molecule has 4 aromatic rings. The van der Waals surface area contributed by atoms with E-state index in [0.717, 1.165) is 4.70 Å². The number of ether oxygens (including phenoxy) is 2. The molecule has 3 N–H and O–H groups in total. The molecule has 0 bridgehead atoms. The molecule has 0 radical (unpaired) electrons. The number of carbonyl (C=O) groups excluding carboxylic acids is 1. The predicted octanol–water partition coefficient (Wildman–Crippen LogP) is 2.55. The molecule has 196 valence electrons. The Balaban J connectivity index is 1.51. The molecule has 1 aliphatic rings. The van der Waals surface area contributed by atoms with Crippen molar-refractivity contribution in [2.45, 2.75) is 4.90 Å². The number of methoxy groups -OCH3 is 1. The minimum absolute atomic E-state index is 0.0428. The van der Waals surface area contributed by atoms with Gasteiger partial charge < -0.3 is 20.1 Å². The number of nitrogens with zero attached hydrogens (tertiary/aromatic N) is 5. The van der Waals surface area contributed by atoms with Gasteiger partial charge in [-0.05, 0) is 29.8 Å². The molecule has 4 heterocycles. The normalized spacial score (nSPS) is 14.2. The van der Waals surface area contributed by atoms with E-state index in [1.807, 2.05) is 0 Å². The van der Waals surface area contributed by atoms with Crippen molar-refractivity contribution < 1.29 is 22.7 Å². The number of aromatic nitrogens is 4. The first-order valence-corrected chi connectivity index (χ1v) is 13.7. The third-order valence-electron chi connectivity index (χ3n) is 5.61. The molecule has 0 amide bonds.